The minimum absolute atomic E-state index is 0.219. The van der Waals surface area contributed by atoms with Gasteiger partial charge in [-0.15, -0.1) is 0 Å². The van der Waals surface area contributed by atoms with E-state index >= 15 is 0 Å². The Bertz CT molecular complexity index is 547. The first-order chi connectivity index (χ1) is 9.40. The minimum Gasteiger partial charge on any atom is -0.271 e. The second-order valence-electron chi connectivity index (χ2n) is 4.99. The molecule has 3 nitrogen and oxygen atoms in total. The van der Waals surface area contributed by atoms with Crippen molar-refractivity contribution in [2.24, 2.45) is 5.84 Å². The lowest BCUT2D eigenvalue weighted by Gasteiger charge is -2.30. The summed E-state index contributed by atoms with van der Waals surface area (Å²) in [5.41, 5.74) is 4.33. The molecule has 0 bridgehead atoms. The molecule has 0 radical (unpaired) electrons. The van der Waals surface area contributed by atoms with Crippen LogP contribution in [0.3, 0.4) is 0 Å². The summed E-state index contributed by atoms with van der Waals surface area (Å²) >= 11 is 2.04. The molecule has 0 amide bonds. The van der Waals surface area contributed by atoms with Gasteiger partial charge in [0.1, 0.15) is 0 Å². The Morgan fingerprint density at radius 2 is 2.26 bits per heavy atom. The van der Waals surface area contributed by atoms with E-state index in [4.69, 9.17) is 5.84 Å². The Hall–Kier alpha value is -1.10. The Kier molecular flexibility index (Phi) is 4.01. The van der Waals surface area contributed by atoms with E-state index in [1.807, 2.05) is 24.2 Å². The molecular weight excluding hydrogens is 254 g/mol. The Morgan fingerprint density at radius 1 is 1.32 bits per heavy atom. The van der Waals surface area contributed by atoms with Crippen LogP contribution in [-0.4, -0.2) is 16.0 Å². The highest BCUT2D eigenvalue weighted by atomic mass is 32.2. The zero-order chi connectivity index (χ0) is 13.1. The van der Waals surface area contributed by atoms with Crippen LogP contribution >= 0.6 is 11.8 Å². The van der Waals surface area contributed by atoms with Crippen molar-refractivity contribution < 1.29 is 0 Å². The van der Waals surface area contributed by atoms with Gasteiger partial charge in [-0.1, -0.05) is 24.6 Å². The van der Waals surface area contributed by atoms with Gasteiger partial charge < -0.3 is 0 Å². The maximum atomic E-state index is 5.85. The molecule has 2 heterocycles. The first-order valence-corrected chi connectivity index (χ1v) is 7.85. The second-order valence-corrected chi connectivity index (χ2v) is 6.34. The molecule has 0 aliphatic carbocycles. The number of nitrogens with two attached hydrogens (primary N) is 1. The van der Waals surface area contributed by atoms with Crippen molar-refractivity contribution in [3.05, 3.63) is 42.2 Å². The molecule has 2 aromatic rings. The molecule has 2 atom stereocenters. The van der Waals surface area contributed by atoms with Gasteiger partial charge in [-0.25, -0.2) is 0 Å². The van der Waals surface area contributed by atoms with Crippen LogP contribution in [0.5, 0.6) is 0 Å². The summed E-state index contributed by atoms with van der Waals surface area (Å²) in [5.74, 6) is 7.09. The fourth-order valence-corrected chi connectivity index (χ4v) is 4.27. The second kappa shape index (κ2) is 5.90. The highest BCUT2D eigenvalue weighted by Crippen LogP contribution is 2.36. The number of nitrogens with zero attached hydrogens (tertiary/aromatic N) is 1. The number of aromatic nitrogens is 1. The Labute approximate surface area is 117 Å². The highest BCUT2D eigenvalue weighted by Gasteiger charge is 2.25. The molecular formula is C15H19N3S. The van der Waals surface area contributed by atoms with Crippen LogP contribution in [0.15, 0.2) is 36.7 Å². The van der Waals surface area contributed by atoms with Gasteiger partial charge in [0.05, 0.1) is 6.04 Å². The maximum Gasteiger partial charge on any atom is 0.0584 e. The average Bonchev–Trinajstić information content (AvgIpc) is 2.49. The summed E-state index contributed by atoms with van der Waals surface area (Å²) in [6, 6.07) is 8.69. The predicted octanol–water partition coefficient (Wildman–Crippen LogP) is 3.02. The van der Waals surface area contributed by atoms with E-state index in [2.05, 4.69) is 34.7 Å². The first kappa shape index (κ1) is 12.9. The summed E-state index contributed by atoms with van der Waals surface area (Å²) in [4.78, 5) is 4.19. The van der Waals surface area contributed by atoms with Gasteiger partial charge in [0.25, 0.3) is 0 Å². The predicted molar refractivity (Wildman–Crippen MR) is 81.9 cm³/mol. The third-order valence-corrected chi connectivity index (χ3v) is 5.28. The number of rotatable bonds is 3. The van der Waals surface area contributed by atoms with Gasteiger partial charge in [0.15, 0.2) is 0 Å². The number of nitrogens with one attached hydrogen (secondary N) is 1. The van der Waals surface area contributed by atoms with E-state index in [1.54, 1.807) is 0 Å². The van der Waals surface area contributed by atoms with Gasteiger partial charge in [-0.05, 0) is 35.6 Å². The van der Waals surface area contributed by atoms with Gasteiger partial charge in [-0.2, -0.15) is 11.8 Å². The molecule has 1 aromatic heterocycles. The molecule has 2 unspecified atom stereocenters. The van der Waals surface area contributed by atoms with Crippen LogP contribution in [0, 0.1) is 0 Å². The van der Waals surface area contributed by atoms with Crippen molar-refractivity contribution in [2.75, 3.05) is 5.75 Å². The number of benzene rings is 1. The third-order valence-electron chi connectivity index (χ3n) is 3.82. The van der Waals surface area contributed by atoms with Crippen LogP contribution in [0.2, 0.25) is 0 Å². The molecule has 0 spiro atoms. The van der Waals surface area contributed by atoms with Crippen LogP contribution in [0.25, 0.3) is 10.8 Å². The zero-order valence-corrected chi connectivity index (χ0v) is 11.7. The van der Waals surface area contributed by atoms with E-state index in [9.17, 15) is 0 Å². The summed E-state index contributed by atoms with van der Waals surface area (Å²) in [7, 11) is 0. The lowest BCUT2D eigenvalue weighted by atomic mass is 9.95. The fraction of sp³-hybridized carbons (Fsp3) is 0.400. The molecule has 1 aliphatic rings. The smallest absolute Gasteiger partial charge is 0.0584 e. The van der Waals surface area contributed by atoms with E-state index in [1.165, 1.54) is 41.4 Å². The van der Waals surface area contributed by atoms with Crippen molar-refractivity contribution in [1.29, 1.82) is 0 Å². The normalized spacial score (nSPS) is 21.4. The zero-order valence-electron chi connectivity index (χ0n) is 10.9. The quantitative estimate of drug-likeness (QED) is 0.666. The molecule has 4 heteroatoms. The molecule has 1 aromatic carbocycles. The molecule has 1 aliphatic heterocycles. The van der Waals surface area contributed by atoms with Gasteiger partial charge in [0.2, 0.25) is 0 Å². The molecule has 19 heavy (non-hydrogen) atoms. The first-order valence-electron chi connectivity index (χ1n) is 6.80. The van der Waals surface area contributed by atoms with E-state index in [-0.39, 0.29) is 6.04 Å². The molecule has 3 rings (SSSR count). The van der Waals surface area contributed by atoms with Gasteiger partial charge >= 0.3 is 0 Å². The molecule has 1 fully saturated rings. The van der Waals surface area contributed by atoms with Crippen LogP contribution in [-0.2, 0) is 0 Å². The number of thioether (sulfide) groups is 1. The number of hydrogen-bond acceptors (Lipinski definition) is 4. The van der Waals surface area contributed by atoms with Crippen LogP contribution in [0.1, 0.15) is 30.9 Å². The summed E-state index contributed by atoms with van der Waals surface area (Å²) in [6.45, 7) is 0. The SMILES string of the molecule is NNC(c1cccc2cnccc12)C1CCCCS1. The summed E-state index contributed by atoms with van der Waals surface area (Å²) in [5, 5.41) is 3.00. The lowest BCUT2D eigenvalue weighted by molar-refractivity contribution is 0.494. The van der Waals surface area contributed by atoms with Crippen molar-refractivity contribution in [3.63, 3.8) is 0 Å². The average molecular weight is 273 g/mol. The maximum absolute atomic E-state index is 5.85. The summed E-state index contributed by atoms with van der Waals surface area (Å²) < 4.78 is 0. The number of hydrazine groups is 1. The van der Waals surface area contributed by atoms with Crippen molar-refractivity contribution >= 4 is 22.5 Å². The van der Waals surface area contributed by atoms with Crippen molar-refractivity contribution in [1.82, 2.24) is 10.4 Å². The Balaban J connectivity index is 2.00. The Morgan fingerprint density at radius 3 is 3.05 bits per heavy atom. The van der Waals surface area contributed by atoms with E-state index in [0.717, 1.165) is 0 Å². The summed E-state index contributed by atoms with van der Waals surface area (Å²) in [6.07, 6.45) is 7.65. The number of fused-ring (bicyclic) bond motifs is 1. The number of hydrogen-bond donors (Lipinski definition) is 2. The van der Waals surface area contributed by atoms with Crippen LogP contribution < -0.4 is 11.3 Å². The molecule has 1 saturated heterocycles. The molecule has 100 valence electrons. The van der Waals surface area contributed by atoms with E-state index in [0.29, 0.717) is 5.25 Å². The topological polar surface area (TPSA) is 50.9 Å². The number of pyridine rings is 1. The lowest BCUT2D eigenvalue weighted by Crippen LogP contribution is -2.36. The molecule has 3 N–H and O–H groups in total. The highest BCUT2D eigenvalue weighted by molar-refractivity contribution is 8.00. The molecule has 0 saturated carbocycles. The van der Waals surface area contributed by atoms with E-state index < -0.39 is 0 Å². The third kappa shape index (κ3) is 2.61. The van der Waals surface area contributed by atoms with Crippen molar-refractivity contribution in [3.8, 4) is 0 Å². The largest absolute Gasteiger partial charge is 0.271 e. The minimum atomic E-state index is 0.219. The fourth-order valence-electron chi connectivity index (χ4n) is 2.84. The monoisotopic (exact) mass is 273 g/mol. The van der Waals surface area contributed by atoms with Gasteiger partial charge in [0, 0.05) is 23.0 Å². The van der Waals surface area contributed by atoms with Crippen LogP contribution in [0.4, 0.5) is 0 Å². The standard InChI is InChI=1S/C15H19N3S/c16-18-15(14-6-1-2-9-19-14)13-5-3-4-11-10-17-8-7-12(11)13/h3-5,7-8,10,14-15,18H,1-2,6,9,16H2. The van der Waals surface area contributed by atoms with Crippen molar-refractivity contribution in [2.45, 2.75) is 30.6 Å². The van der Waals surface area contributed by atoms with Gasteiger partial charge in [-0.3, -0.25) is 16.3 Å².